The van der Waals surface area contributed by atoms with Crippen LogP contribution in [-0.4, -0.2) is 41.9 Å². The zero-order valence-electron chi connectivity index (χ0n) is 14.3. The summed E-state index contributed by atoms with van der Waals surface area (Å²) in [6, 6.07) is 10.0. The lowest BCUT2D eigenvalue weighted by molar-refractivity contribution is -0.143. The van der Waals surface area contributed by atoms with Gasteiger partial charge in [-0.25, -0.2) is 0 Å². The summed E-state index contributed by atoms with van der Waals surface area (Å²) in [5.74, 6) is -0.525. The monoisotopic (exact) mass is 366 g/mol. The van der Waals surface area contributed by atoms with Gasteiger partial charge in [0.25, 0.3) is 0 Å². The first-order chi connectivity index (χ1) is 12.1. The van der Waals surface area contributed by atoms with Crippen molar-refractivity contribution in [1.82, 2.24) is 10.6 Å². The fraction of sp³-hybridized carbons (Fsp3) is 0.500. The lowest BCUT2D eigenvalue weighted by atomic mass is 10.1. The van der Waals surface area contributed by atoms with E-state index < -0.39 is 0 Å². The van der Waals surface area contributed by atoms with E-state index in [1.807, 2.05) is 30.3 Å². The molecule has 0 aliphatic carbocycles. The van der Waals surface area contributed by atoms with E-state index in [9.17, 15) is 9.59 Å². The van der Waals surface area contributed by atoms with Crippen LogP contribution in [-0.2, 0) is 20.7 Å². The molecule has 1 aromatic rings. The van der Waals surface area contributed by atoms with Crippen molar-refractivity contribution in [2.75, 3.05) is 19.8 Å². The summed E-state index contributed by atoms with van der Waals surface area (Å²) in [6.07, 6.45) is 3.06. The Bertz CT molecular complexity index is 537. The van der Waals surface area contributed by atoms with E-state index in [0.717, 1.165) is 12.8 Å². The molecule has 0 aromatic heterocycles. The van der Waals surface area contributed by atoms with Gasteiger partial charge < -0.3 is 20.5 Å². The molecule has 0 saturated heterocycles. The maximum Gasteiger partial charge on any atom is 0.305 e. The molecule has 6 nitrogen and oxygen atoms in total. The fourth-order valence-corrected chi connectivity index (χ4v) is 2.30. The summed E-state index contributed by atoms with van der Waals surface area (Å²) in [6.45, 7) is 0.959. The minimum Gasteiger partial charge on any atom is -0.466 e. The van der Waals surface area contributed by atoms with Gasteiger partial charge in [0.1, 0.15) is 0 Å². The Labute approximate surface area is 154 Å². The van der Waals surface area contributed by atoms with Crippen molar-refractivity contribution < 1.29 is 19.4 Å². The van der Waals surface area contributed by atoms with E-state index in [1.54, 1.807) is 0 Å². The predicted molar refractivity (Wildman–Crippen MR) is 100 cm³/mol. The Hall–Kier alpha value is -1.99. The Balaban J connectivity index is 2.02. The van der Waals surface area contributed by atoms with Crippen LogP contribution in [0.15, 0.2) is 30.3 Å². The first-order valence-electron chi connectivity index (χ1n) is 8.50. The molecule has 138 valence electrons. The third-order valence-corrected chi connectivity index (χ3v) is 3.62. The van der Waals surface area contributed by atoms with Crippen molar-refractivity contribution in [1.29, 1.82) is 0 Å². The maximum absolute atomic E-state index is 11.6. The summed E-state index contributed by atoms with van der Waals surface area (Å²) in [7, 11) is 0. The molecule has 0 spiro atoms. The minimum atomic E-state index is -0.287. The number of amides is 1. The third-order valence-electron chi connectivity index (χ3n) is 3.37. The van der Waals surface area contributed by atoms with Gasteiger partial charge in [-0.1, -0.05) is 30.3 Å². The number of carbonyl (C=O) groups is 2. The van der Waals surface area contributed by atoms with Crippen LogP contribution >= 0.6 is 12.2 Å². The molecule has 25 heavy (non-hydrogen) atoms. The molecule has 3 N–H and O–H groups in total. The zero-order valence-corrected chi connectivity index (χ0v) is 15.1. The van der Waals surface area contributed by atoms with Crippen LogP contribution in [0.5, 0.6) is 0 Å². The molecule has 0 fully saturated rings. The van der Waals surface area contributed by atoms with Crippen LogP contribution in [0, 0.1) is 0 Å². The van der Waals surface area contributed by atoms with Crippen molar-refractivity contribution >= 4 is 29.2 Å². The smallest absolute Gasteiger partial charge is 0.305 e. The highest BCUT2D eigenvalue weighted by atomic mass is 32.1. The number of rotatable bonds is 11. The Morgan fingerprint density at radius 2 is 1.84 bits per heavy atom. The van der Waals surface area contributed by atoms with E-state index in [2.05, 4.69) is 10.6 Å². The quantitative estimate of drug-likeness (QED) is 0.314. The Morgan fingerprint density at radius 3 is 2.56 bits per heavy atom. The van der Waals surface area contributed by atoms with Crippen LogP contribution in [0.25, 0.3) is 0 Å². The largest absolute Gasteiger partial charge is 0.466 e. The number of ether oxygens (including phenoxy) is 1. The van der Waals surface area contributed by atoms with Crippen molar-refractivity contribution in [3.05, 3.63) is 35.9 Å². The number of hydrogen-bond acceptors (Lipinski definition) is 5. The molecule has 0 saturated carbocycles. The van der Waals surface area contributed by atoms with Crippen molar-refractivity contribution in [3.63, 3.8) is 0 Å². The standard InChI is InChI=1S/C18H26N2O4S/c21-13-6-12-19-18(25)20-16(22)10-4-11-17(23)24-14-5-9-15-7-2-1-3-8-15/h1-3,7-8,21H,4-6,9-14H2,(H2,19,20,22,25). The topological polar surface area (TPSA) is 87.7 Å². The average Bonchev–Trinajstić information content (AvgIpc) is 2.60. The minimum absolute atomic E-state index is 0.0665. The molecule has 0 heterocycles. The number of benzene rings is 1. The van der Waals surface area contributed by atoms with Gasteiger partial charge in [0, 0.05) is 26.0 Å². The molecule has 1 amide bonds. The number of nitrogens with one attached hydrogen (secondary N) is 2. The SMILES string of the molecule is O=C(CCCC(=O)OCCCc1ccccc1)NC(=S)NCCCO. The van der Waals surface area contributed by atoms with Crippen LogP contribution < -0.4 is 10.6 Å². The molecule has 1 aromatic carbocycles. The summed E-state index contributed by atoms with van der Waals surface area (Å²) in [4.78, 5) is 23.3. The van der Waals surface area contributed by atoms with Gasteiger partial charge in [-0.15, -0.1) is 0 Å². The molecule has 7 heteroatoms. The van der Waals surface area contributed by atoms with Gasteiger partial charge in [0.05, 0.1) is 6.61 Å². The summed E-state index contributed by atoms with van der Waals surface area (Å²) < 4.78 is 5.16. The number of esters is 1. The van der Waals surface area contributed by atoms with Gasteiger partial charge in [0.15, 0.2) is 5.11 Å². The molecule has 0 unspecified atom stereocenters. The van der Waals surface area contributed by atoms with Gasteiger partial charge in [-0.2, -0.15) is 0 Å². The van der Waals surface area contributed by atoms with E-state index in [4.69, 9.17) is 22.1 Å². The summed E-state index contributed by atoms with van der Waals surface area (Å²) in [5.41, 5.74) is 1.22. The van der Waals surface area contributed by atoms with Gasteiger partial charge in [-0.3, -0.25) is 9.59 Å². The normalized spacial score (nSPS) is 10.1. The van der Waals surface area contributed by atoms with Gasteiger partial charge in [-0.05, 0) is 43.5 Å². The fourth-order valence-electron chi connectivity index (χ4n) is 2.09. The lowest BCUT2D eigenvalue weighted by Crippen LogP contribution is -2.39. The Morgan fingerprint density at radius 1 is 1.08 bits per heavy atom. The number of thiocarbonyl (C=S) groups is 1. The average molecular weight is 366 g/mol. The van der Waals surface area contributed by atoms with E-state index >= 15 is 0 Å². The van der Waals surface area contributed by atoms with Crippen LogP contribution in [0.3, 0.4) is 0 Å². The van der Waals surface area contributed by atoms with E-state index in [-0.39, 0.29) is 36.4 Å². The first kappa shape index (κ1) is 21.1. The second kappa shape index (κ2) is 13.3. The van der Waals surface area contributed by atoms with Gasteiger partial charge in [0.2, 0.25) is 5.91 Å². The molecule has 0 aliphatic heterocycles. The predicted octanol–water partition coefficient (Wildman–Crippen LogP) is 1.71. The number of hydrogen-bond donors (Lipinski definition) is 3. The van der Waals surface area contributed by atoms with Crippen molar-refractivity contribution in [2.45, 2.75) is 38.5 Å². The van der Waals surface area contributed by atoms with Gasteiger partial charge >= 0.3 is 5.97 Å². The number of aryl methyl sites for hydroxylation is 1. The highest BCUT2D eigenvalue weighted by Crippen LogP contribution is 2.03. The molecule has 1 rings (SSSR count). The van der Waals surface area contributed by atoms with Crippen molar-refractivity contribution in [3.8, 4) is 0 Å². The highest BCUT2D eigenvalue weighted by Gasteiger charge is 2.07. The van der Waals surface area contributed by atoms with E-state index in [0.29, 0.717) is 26.0 Å². The first-order valence-corrected chi connectivity index (χ1v) is 8.90. The summed E-state index contributed by atoms with van der Waals surface area (Å²) >= 11 is 4.94. The molecular formula is C18H26N2O4S. The number of carbonyl (C=O) groups excluding carboxylic acids is 2. The second-order valence-corrected chi connectivity index (χ2v) is 5.95. The number of aliphatic hydroxyl groups excluding tert-OH is 1. The number of aliphatic hydroxyl groups is 1. The second-order valence-electron chi connectivity index (χ2n) is 5.54. The third kappa shape index (κ3) is 11.2. The summed E-state index contributed by atoms with van der Waals surface area (Å²) in [5, 5.41) is 14.2. The highest BCUT2D eigenvalue weighted by molar-refractivity contribution is 7.80. The molecule has 0 radical (unpaired) electrons. The van der Waals surface area contributed by atoms with Crippen LogP contribution in [0.1, 0.15) is 37.7 Å². The van der Waals surface area contributed by atoms with Crippen LogP contribution in [0.4, 0.5) is 0 Å². The van der Waals surface area contributed by atoms with Crippen LogP contribution in [0.2, 0.25) is 0 Å². The zero-order chi connectivity index (χ0) is 18.3. The maximum atomic E-state index is 11.6. The van der Waals surface area contributed by atoms with Crippen molar-refractivity contribution in [2.24, 2.45) is 0 Å². The molecule has 0 atom stereocenters. The van der Waals surface area contributed by atoms with E-state index in [1.165, 1.54) is 5.56 Å². The lowest BCUT2D eigenvalue weighted by Gasteiger charge is -2.08. The molecule has 0 aliphatic rings. The molecule has 0 bridgehead atoms. The molecular weight excluding hydrogens is 340 g/mol. The Kier molecular flexibility index (Phi) is 11.2.